The Balaban J connectivity index is 1.83. The van der Waals surface area contributed by atoms with Gasteiger partial charge in [0.1, 0.15) is 16.8 Å². The Morgan fingerprint density at radius 3 is 2.61 bits per heavy atom. The van der Waals surface area contributed by atoms with Gasteiger partial charge >= 0.3 is 0 Å². The molecule has 0 atom stereocenters. The summed E-state index contributed by atoms with van der Waals surface area (Å²) in [7, 11) is 0. The summed E-state index contributed by atoms with van der Waals surface area (Å²) < 4.78 is 3.23. The third-order valence-electron chi connectivity index (χ3n) is 5.91. The Morgan fingerprint density at radius 1 is 1.06 bits per heavy atom. The minimum absolute atomic E-state index is 0.0781. The van der Waals surface area contributed by atoms with Crippen LogP contribution in [0.1, 0.15) is 54.1 Å². The lowest BCUT2D eigenvalue weighted by molar-refractivity contribution is 0.0948. The van der Waals surface area contributed by atoms with Crippen molar-refractivity contribution in [3.8, 4) is 0 Å². The van der Waals surface area contributed by atoms with Crippen molar-refractivity contribution in [1.82, 2.24) is 19.3 Å². The first kappa shape index (κ1) is 22.5. The van der Waals surface area contributed by atoms with Gasteiger partial charge in [0.15, 0.2) is 0 Å². The van der Waals surface area contributed by atoms with Crippen LogP contribution in [0.2, 0.25) is 0 Å². The normalized spacial score (nSPS) is 11.2. The summed E-state index contributed by atoms with van der Waals surface area (Å²) in [4.78, 5) is 31.2. The van der Waals surface area contributed by atoms with Gasteiger partial charge in [-0.1, -0.05) is 62.6 Å². The maximum atomic E-state index is 13.4. The van der Waals surface area contributed by atoms with E-state index < -0.39 is 0 Å². The SMILES string of the molecule is CCCCCCn1c(=N)c(C(=O)NCc2ccccc2)cc2c(=O)n3cccc(C)c3nc21. The van der Waals surface area contributed by atoms with E-state index in [-0.39, 0.29) is 22.5 Å². The molecule has 4 aromatic rings. The van der Waals surface area contributed by atoms with Gasteiger partial charge in [-0.05, 0) is 36.6 Å². The van der Waals surface area contributed by atoms with E-state index in [9.17, 15) is 9.59 Å². The van der Waals surface area contributed by atoms with Crippen molar-refractivity contribution in [1.29, 1.82) is 5.41 Å². The first-order valence-corrected chi connectivity index (χ1v) is 11.4. The molecule has 0 fully saturated rings. The standard InChI is InChI=1S/C26H29N5O2/c1-3-4-5-9-14-30-22(27)20(25(32)28-17-19-12-7-6-8-13-19)16-21-24(30)29-23-18(2)11-10-15-31(23)26(21)33/h6-8,10-13,15-16,27H,3-5,9,14,17H2,1-2H3,(H,28,32). The highest BCUT2D eigenvalue weighted by molar-refractivity contribution is 5.96. The quantitative estimate of drug-likeness (QED) is 0.319. The number of pyridine rings is 2. The van der Waals surface area contributed by atoms with Gasteiger partial charge in [-0.15, -0.1) is 0 Å². The van der Waals surface area contributed by atoms with E-state index in [1.807, 2.05) is 49.4 Å². The number of carbonyl (C=O) groups excluding carboxylic acids is 1. The highest BCUT2D eigenvalue weighted by Crippen LogP contribution is 2.14. The Labute approximate surface area is 192 Å². The molecule has 0 spiro atoms. The van der Waals surface area contributed by atoms with Crippen LogP contribution in [0.5, 0.6) is 0 Å². The van der Waals surface area contributed by atoms with Crippen LogP contribution >= 0.6 is 0 Å². The highest BCUT2D eigenvalue weighted by Gasteiger charge is 2.18. The fourth-order valence-corrected chi connectivity index (χ4v) is 4.06. The summed E-state index contributed by atoms with van der Waals surface area (Å²) in [6.45, 7) is 4.94. The fraction of sp³-hybridized carbons (Fsp3) is 0.308. The zero-order valence-corrected chi connectivity index (χ0v) is 19.1. The first-order chi connectivity index (χ1) is 16.0. The van der Waals surface area contributed by atoms with Crippen molar-refractivity contribution in [2.45, 2.75) is 52.6 Å². The summed E-state index contributed by atoms with van der Waals surface area (Å²) in [5.74, 6) is -0.373. The van der Waals surface area contributed by atoms with E-state index >= 15 is 0 Å². The van der Waals surface area contributed by atoms with Crippen molar-refractivity contribution in [3.05, 3.63) is 87.3 Å². The fourth-order valence-electron chi connectivity index (χ4n) is 4.06. The molecule has 3 aromatic heterocycles. The van der Waals surface area contributed by atoms with Gasteiger partial charge in [-0.25, -0.2) is 4.98 Å². The molecular formula is C26H29N5O2. The van der Waals surface area contributed by atoms with Gasteiger partial charge < -0.3 is 9.88 Å². The second-order valence-corrected chi connectivity index (χ2v) is 8.33. The lowest BCUT2D eigenvalue weighted by Crippen LogP contribution is -2.35. The molecular weight excluding hydrogens is 414 g/mol. The van der Waals surface area contributed by atoms with Crippen LogP contribution in [0.3, 0.4) is 0 Å². The van der Waals surface area contributed by atoms with Gasteiger partial charge in [0, 0.05) is 19.3 Å². The Bertz CT molecular complexity index is 1420. The number of carbonyl (C=O) groups is 1. The zero-order valence-electron chi connectivity index (χ0n) is 19.1. The van der Waals surface area contributed by atoms with Gasteiger partial charge in [0.05, 0.1) is 10.9 Å². The molecule has 0 radical (unpaired) electrons. The Hall–Kier alpha value is -3.74. The van der Waals surface area contributed by atoms with Gasteiger partial charge in [0.25, 0.3) is 11.5 Å². The summed E-state index contributed by atoms with van der Waals surface area (Å²) in [6.07, 6.45) is 5.75. The Morgan fingerprint density at radius 2 is 1.85 bits per heavy atom. The third kappa shape index (κ3) is 4.58. The molecule has 33 heavy (non-hydrogen) atoms. The number of unbranched alkanes of at least 4 members (excludes halogenated alkanes) is 3. The van der Waals surface area contributed by atoms with E-state index in [1.54, 1.807) is 10.8 Å². The smallest absolute Gasteiger partial charge is 0.267 e. The predicted octanol–water partition coefficient (Wildman–Crippen LogP) is 3.95. The lowest BCUT2D eigenvalue weighted by Gasteiger charge is -2.15. The summed E-state index contributed by atoms with van der Waals surface area (Å²) in [5, 5.41) is 12.0. The Kier molecular flexibility index (Phi) is 6.68. The number of aromatic nitrogens is 3. The number of hydrogen-bond donors (Lipinski definition) is 2. The van der Waals surface area contributed by atoms with Crippen molar-refractivity contribution in [2.75, 3.05) is 0 Å². The lowest BCUT2D eigenvalue weighted by atomic mass is 10.1. The molecule has 170 valence electrons. The zero-order chi connectivity index (χ0) is 23.4. The van der Waals surface area contributed by atoms with E-state index in [0.717, 1.165) is 36.8 Å². The number of fused-ring (bicyclic) bond motifs is 2. The molecule has 4 rings (SSSR count). The van der Waals surface area contributed by atoms with E-state index in [2.05, 4.69) is 12.2 Å². The molecule has 0 saturated heterocycles. The molecule has 0 saturated carbocycles. The number of amides is 1. The molecule has 2 N–H and O–H groups in total. The molecule has 1 amide bonds. The highest BCUT2D eigenvalue weighted by atomic mass is 16.1. The topological polar surface area (TPSA) is 92.2 Å². The third-order valence-corrected chi connectivity index (χ3v) is 5.91. The monoisotopic (exact) mass is 443 g/mol. The molecule has 3 heterocycles. The number of aryl methyl sites for hydroxylation is 2. The second-order valence-electron chi connectivity index (χ2n) is 8.33. The van der Waals surface area contributed by atoms with Crippen LogP contribution in [0.4, 0.5) is 0 Å². The number of benzene rings is 1. The number of hydrogen-bond acceptors (Lipinski definition) is 4. The molecule has 1 aromatic carbocycles. The van der Waals surface area contributed by atoms with Crippen molar-refractivity contribution < 1.29 is 4.79 Å². The molecule has 7 heteroatoms. The van der Waals surface area contributed by atoms with Crippen molar-refractivity contribution in [3.63, 3.8) is 0 Å². The molecule has 0 unspecified atom stereocenters. The van der Waals surface area contributed by atoms with Crippen LogP contribution in [0.15, 0.2) is 59.5 Å². The first-order valence-electron chi connectivity index (χ1n) is 11.4. The number of nitrogens with zero attached hydrogens (tertiary/aromatic N) is 3. The van der Waals surface area contributed by atoms with Crippen LogP contribution in [0, 0.1) is 12.3 Å². The average molecular weight is 444 g/mol. The van der Waals surface area contributed by atoms with Crippen molar-refractivity contribution >= 4 is 22.6 Å². The van der Waals surface area contributed by atoms with Crippen LogP contribution in [-0.4, -0.2) is 19.9 Å². The molecule has 0 aliphatic heterocycles. The van der Waals surface area contributed by atoms with Gasteiger partial charge in [-0.3, -0.25) is 19.4 Å². The molecule has 7 nitrogen and oxygen atoms in total. The van der Waals surface area contributed by atoms with Crippen LogP contribution in [0.25, 0.3) is 16.7 Å². The van der Waals surface area contributed by atoms with E-state index in [0.29, 0.717) is 29.8 Å². The summed E-state index contributed by atoms with van der Waals surface area (Å²) in [6, 6.07) is 14.8. The van der Waals surface area contributed by atoms with Gasteiger partial charge in [-0.2, -0.15) is 0 Å². The maximum Gasteiger partial charge on any atom is 0.267 e. The number of nitrogens with one attached hydrogen (secondary N) is 2. The molecule has 0 aliphatic rings. The molecule has 0 bridgehead atoms. The maximum absolute atomic E-state index is 13.4. The minimum Gasteiger partial charge on any atom is -0.348 e. The minimum atomic E-state index is -0.373. The van der Waals surface area contributed by atoms with Gasteiger partial charge in [0.2, 0.25) is 0 Å². The molecule has 0 aliphatic carbocycles. The number of rotatable bonds is 8. The summed E-state index contributed by atoms with van der Waals surface area (Å²) >= 11 is 0. The average Bonchev–Trinajstić information content (AvgIpc) is 2.83. The van der Waals surface area contributed by atoms with E-state index in [1.165, 1.54) is 10.5 Å². The van der Waals surface area contributed by atoms with Crippen LogP contribution < -0.4 is 16.4 Å². The van der Waals surface area contributed by atoms with E-state index in [4.69, 9.17) is 10.4 Å². The second kappa shape index (κ2) is 9.81. The van der Waals surface area contributed by atoms with Crippen molar-refractivity contribution in [2.24, 2.45) is 0 Å². The van der Waals surface area contributed by atoms with Crippen LogP contribution in [-0.2, 0) is 13.1 Å². The largest absolute Gasteiger partial charge is 0.348 e. The summed E-state index contributed by atoms with van der Waals surface area (Å²) in [5.41, 5.74) is 2.89. The predicted molar refractivity (Wildman–Crippen MR) is 129 cm³/mol.